The molecule has 0 aromatic heterocycles. The molecule has 0 aliphatic carbocycles. The Morgan fingerprint density at radius 3 is 2.07 bits per heavy atom. The molecule has 5 nitrogen and oxygen atoms in total. The van der Waals surface area contributed by atoms with Crippen molar-refractivity contribution in [2.75, 3.05) is 22.4 Å². The van der Waals surface area contributed by atoms with Gasteiger partial charge in [-0.05, 0) is 42.0 Å². The van der Waals surface area contributed by atoms with E-state index in [2.05, 4.69) is 17.4 Å². The number of rotatable bonds is 8. The van der Waals surface area contributed by atoms with E-state index in [1.54, 1.807) is 42.1 Å². The molecule has 0 spiro atoms. The molecule has 3 rings (SSSR count). The van der Waals surface area contributed by atoms with E-state index in [9.17, 15) is 13.2 Å². The van der Waals surface area contributed by atoms with Gasteiger partial charge in [-0.3, -0.25) is 9.10 Å². The fourth-order valence-electron chi connectivity index (χ4n) is 2.69. The summed E-state index contributed by atoms with van der Waals surface area (Å²) in [6.45, 7) is -0.283. The molecule has 0 heterocycles. The number of hydrogen-bond acceptors (Lipinski definition) is 4. The van der Waals surface area contributed by atoms with Crippen molar-refractivity contribution in [2.45, 2.75) is 10.6 Å². The summed E-state index contributed by atoms with van der Waals surface area (Å²) in [7, 11) is -3.58. The molecule has 1 N–H and O–H groups in total. The van der Waals surface area contributed by atoms with Crippen LogP contribution in [-0.4, -0.2) is 27.1 Å². The SMILES string of the molecule is CS(=O)(=O)N(CC(=O)Nc1ccc(CSc2ccccc2)cc1)c1ccccc1. The number of anilines is 2. The lowest BCUT2D eigenvalue weighted by Crippen LogP contribution is -2.37. The van der Waals surface area contributed by atoms with Crippen molar-refractivity contribution in [3.63, 3.8) is 0 Å². The number of nitrogens with one attached hydrogen (secondary N) is 1. The van der Waals surface area contributed by atoms with Crippen LogP contribution in [0.1, 0.15) is 5.56 Å². The van der Waals surface area contributed by atoms with E-state index in [0.29, 0.717) is 11.4 Å². The van der Waals surface area contributed by atoms with E-state index in [1.807, 2.05) is 42.5 Å². The molecule has 1 amide bonds. The van der Waals surface area contributed by atoms with Crippen molar-refractivity contribution >= 4 is 39.1 Å². The van der Waals surface area contributed by atoms with Gasteiger partial charge >= 0.3 is 0 Å². The fourth-order valence-corrected chi connectivity index (χ4v) is 4.42. The molecule has 0 saturated heterocycles. The van der Waals surface area contributed by atoms with E-state index in [4.69, 9.17) is 0 Å². The average Bonchev–Trinajstić information content (AvgIpc) is 2.72. The number of sulfonamides is 1. The number of para-hydroxylation sites is 1. The molecule has 0 atom stereocenters. The van der Waals surface area contributed by atoms with E-state index in [0.717, 1.165) is 21.9 Å². The monoisotopic (exact) mass is 426 g/mol. The minimum Gasteiger partial charge on any atom is -0.325 e. The van der Waals surface area contributed by atoms with Gasteiger partial charge in [0.2, 0.25) is 15.9 Å². The molecule has 29 heavy (non-hydrogen) atoms. The zero-order valence-corrected chi connectivity index (χ0v) is 17.6. The van der Waals surface area contributed by atoms with Crippen LogP contribution in [0.5, 0.6) is 0 Å². The lowest BCUT2D eigenvalue weighted by molar-refractivity contribution is -0.114. The Kier molecular flexibility index (Phi) is 6.95. The van der Waals surface area contributed by atoms with Gasteiger partial charge in [0.15, 0.2) is 0 Å². The standard InChI is InChI=1S/C22H22N2O3S2/c1-29(26,27)24(20-8-4-2-5-9-20)16-22(25)23-19-14-12-18(13-15-19)17-28-21-10-6-3-7-11-21/h2-15H,16-17H2,1H3,(H,23,25). The molecule has 3 aromatic rings. The van der Waals surface area contributed by atoms with Gasteiger partial charge < -0.3 is 5.32 Å². The molecule has 0 aliphatic rings. The van der Waals surface area contributed by atoms with Gasteiger partial charge in [-0.25, -0.2) is 8.42 Å². The van der Waals surface area contributed by atoms with E-state index in [-0.39, 0.29) is 6.54 Å². The van der Waals surface area contributed by atoms with Crippen molar-refractivity contribution in [1.82, 2.24) is 0 Å². The fraction of sp³-hybridized carbons (Fsp3) is 0.136. The highest BCUT2D eigenvalue weighted by atomic mass is 32.2. The average molecular weight is 427 g/mol. The van der Waals surface area contributed by atoms with E-state index < -0.39 is 15.9 Å². The van der Waals surface area contributed by atoms with Crippen LogP contribution in [0.4, 0.5) is 11.4 Å². The van der Waals surface area contributed by atoms with Crippen molar-refractivity contribution in [2.24, 2.45) is 0 Å². The maximum Gasteiger partial charge on any atom is 0.245 e. The highest BCUT2D eigenvalue weighted by molar-refractivity contribution is 7.98. The predicted octanol–water partition coefficient (Wildman–Crippen LogP) is 4.38. The van der Waals surface area contributed by atoms with Gasteiger partial charge in [-0.2, -0.15) is 0 Å². The topological polar surface area (TPSA) is 66.5 Å². The van der Waals surface area contributed by atoms with Crippen LogP contribution in [0.2, 0.25) is 0 Å². The Morgan fingerprint density at radius 1 is 0.897 bits per heavy atom. The lowest BCUT2D eigenvalue weighted by Gasteiger charge is -2.21. The molecule has 150 valence electrons. The Balaban J connectivity index is 1.59. The first kappa shape index (κ1) is 21.0. The predicted molar refractivity (Wildman–Crippen MR) is 120 cm³/mol. The minimum atomic E-state index is -3.58. The number of benzene rings is 3. The van der Waals surface area contributed by atoms with Gasteiger partial charge in [0.25, 0.3) is 0 Å². The second kappa shape index (κ2) is 9.62. The first-order valence-electron chi connectivity index (χ1n) is 9.01. The third-order valence-corrected chi connectivity index (χ3v) is 6.34. The third kappa shape index (κ3) is 6.37. The molecule has 0 saturated carbocycles. The summed E-state index contributed by atoms with van der Waals surface area (Å²) in [5.74, 6) is 0.430. The largest absolute Gasteiger partial charge is 0.325 e. The zero-order chi connectivity index (χ0) is 20.7. The Bertz CT molecular complexity index is 1040. The Labute approximate surface area is 175 Å². The van der Waals surface area contributed by atoms with Gasteiger partial charge in [-0.15, -0.1) is 11.8 Å². The number of nitrogens with zero attached hydrogens (tertiary/aromatic N) is 1. The number of amides is 1. The van der Waals surface area contributed by atoms with Crippen molar-refractivity contribution in [1.29, 1.82) is 0 Å². The van der Waals surface area contributed by atoms with Crippen LogP contribution >= 0.6 is 11.8 Å². The summed E-state index contributed by atoms with van der Waals surface area (Å²) in [5, 5.41) is 2.76. The van der Waals surface area contributed by atoms with Crippen LogP contribution in [0, 0.1) is 0 Å². The van der Waals surface area contributed by atoms with Crippen LogP contribution < -0.4 is 9.62 Å². The highest BCUT2D eigenvalue weighted by Crippen LogP contribution is 2.23. The van der Waals surface area contributed by atoms with E-state index >= 15 is 0 Å². The highest BCUT2D eigenvalue weighted by Gasteiger charge is 2.20. The summed E-state index contributed by atoms with van der Waals surface area (Å²) < 4.78 is 25.3. The summed E-state index contributed by atoms with van der Waals surface area (Å²) in [6, 6.07) is 26.3. The van der Waals surface area contributed by atoms with Crippen molar-refractivity contribution < 1.29 is 13.2 Å². The van der Waals surface area contributed by atoms with Gasteiger partial charge in [0, 0.05) is 16.3 Å². The number of carbonyl (C=O) groups is 1. The maximum atomic E-state index is 12.4. The van der Waals surface area contributed by atoms with Crippen LogP contribution in [0.25, 0.3) is 0 Å². The Morgan fingerprint density at radius 2 is 1.48 bits per heavy atom. The van der Waals surface area contributed by atoms with E-state index in [1.165, 1.54) is 4.90 Å². The van der Waals surface area contributed by atoms with Crippen LogP contribution in [0.15, 0.2) is 89.8 Å². The number of thioether (sulfide) groups is 1. The van der Waals surface area contributed by atoms with Gasteiger partial charge in [0.1, 0.15) is 6.54 Å². The lowest BCUT2D eigenvalue weighted by atomic mass is 10.2. The summed E-state index contributed by atoms with van der Waals surface area (Å²) in [6.07, 6.45) is 1.09. The van der Waals surface area contributed by atoms with Crippen molar-refractivity contribution in [3.8, 4) is 0 Å². The normalized spacial score (nSPS) is 11.1. The molecule has 7 heteroatoms. The summed E-state index contributed by atoms with van der Waals surface area (Å²) in [5.41, 5.74) is 2.22. The smallest absolute Gasteiger partial charge is 0.245 e. The second-order valence-corrected chi connectivity index (χ2v) is 9.41. The molecule has 0 radical (unpaired) electrons. The molecular formula is C22H22N2O3S2. The molecule has 0 bridgehead atoms. The van der Waals surface area contributed by atoms with Crippen LogP contribution in [0.3, 0.4) is 0 Å². The quantitative estimate of drug-likeness (QED) is 0.543. The summed E-state index contributed by atoms with van der Waals surface area (Å²) >= 11 is 1.74. The third-order valence-electron chi connectivity index (χ3n) is 4.12. The van der Waals surface area contributed by atoms with Crippen molar-refractivity contribution in [3.05, 3.63) is 90.5 Å². The zero-order valence-electron chi connectivity index (χ0n) is 16.0. The summed E-state index contributed by atoms with van der Waals surface area (Å²) in [4.78, 5) is 13.6. The molecule has 0 aliphatic heterocycles. The maximum absolute atomic E-state index is 12.4. The van der Waals surface area contributed by atoms with Gasteiger partial charge in [-0.1, -0.05) is 48.5 Å². The first-order valence-corrected chi connectivity index (χ1v) is 11.8. The number of carbonyl (C=O) groups excluding carboxylic acids is 1. The Hall–Kier alpha value is -2.77. The number of hydrogen-bond donors (Lipinski definition) is 1. The second-order valence-electron chi connectivity index (χ2n) is 6.45. The minimum absolute atomic E-state index is 0.283. The van der Waals surface area contributed by atoms with Crippen LogP contribution in [-0.2, 0) is 20.6 Å². The first-order chi connectivity index (χ1) is 13.9. The molecular weight excluding hydrogens is 404 g/mol. The molecule has 0 unspecified atom stereocenters. The van der Waals surface area contributed by atoms with Gasteiger partial charge in [0.05, 0.1) is 11.9 Å². The molecule has 0 fully saturated rings. The molecule has 3 aromatic carbocycles.